The molecule has 0 radical (unpaired) electrons. The lowest BCUT2D eigenvalue weighted by atomic mass is 10.0. The molecule has 1 heterocycles. The summed E-state index contributed by atoms with van der Waals surface area (Å²) in [6.45, 7) is 11.4. The molecule has 3 rings (SSSR count). The van der Waals surface area contributed by atoms with Crippen LogP contribution in [0.4, 0.5) is 5.69 Å². The smallest absolute Gasteiger partial charge is 0.330 e. The molecule has 0 aliphatic carbocycles. The number of nitrogens with zero attached hydrogens (tertiary/aromatic N) is 2. The molecule has 0 spiro atoms. The number of anilines is 1. The van der Waals surface area contributed by atoms with Crippen LogP contribution in [0.25, 0.3) is 11.1 Å². The molecule has 2 aromatic rings. The molecule has 180 valence electrons. The fourth-order valence-corrected chi connectivity index (χ4v) is 4.82. The van der Waals surface area contributed by atoms with Crippen LogP contribution in [0.15, 0.2) is 48.5 Å². The quantitative estimate of drug-likeness (QED) is 0.412. The molecule has 1 fully saturated rings. The van der Waals surface area contributed by atoms with Gasteiger partial charge in [0.25, 0.3) is 0 Å². The van der Waals surface area contributed by atoms with E-state index >= 15 is 0 Å². The summed E-state index contributed by atoms with van der Waals surface area (Å²) in [6, 6.07) is 15.4. The Hall–Kier alpha value is -2.22. The first-order chi connectivity index (χ1) is 15.5. The summed E-state index contributed by atoms with van der Waals surface area (Å²) in [5, 5.41) is 0. The molecule has 0 saturated carbocycles. The first-order valence-electron chi connectivity index (χ1n) is 11.6. The highest BCUT2D eigenvalue weighted by atomic mass is 32.2. The van der Waals surface area contributed by atoms with E-state index in [2.05, 4.69) is 36.1 Å². The van der Waals surface area contributed by atoms with Gasteiger partial charge in [0.2, 0.25) is 0 Å². The second-order valence-corrected chi connectivity index (χ2v) is 10.6. The topological polar surface area (TPSA) is 72.9 Å². The zero-order valence-corrected chi connectivity index (χ0v) is 21.1. The standard InChI is InChI=1S/C26H36N2O4S/c1-19-7-6-17-27(19)18-16-21-8-10-22(11-9-21)23-12-14-24(15-13-23)28(33(30)31)20(2)25(29)32-26(3,4)5/h8-15,19-20H,6-7,16-18H2,1-5H3,(H,30,31)/p-1. The molecular formula is C26H35N2O4S-. The Morgan fingerprint density at radius 3 is 2.21 bits per heavy atom. The van der Waals surface area contributed by atoms with Crippen molar-refractivity contribution in [3.8, 4) is 11.1 Å². The van der Waals surface area contributed by atoms with Crippen molar-refractivity contribution in [1.82, 2.24) is 4.90 Å². The number of benzene rings is 2. The second kappa shape index (κ2) is 10.8. The molecule has 2 aromatic carbocycles. The Kier molecular flexibility index (Phi) is 8.32. The van der Waals surface area contributed by atoms with E-state index in [1.54, 1.807) is 32.9 Å². The van der Waals surface area contributed by atoms with Crippen molar-refractivity contribution in [3.05, 3.63) is 54.1 Å². The molecule has 3 atom stereocenters. The van der Waals surface area contributed by atoms with Gasteiger partial charge in [0.1, 0.15) is 11.6 Å². The van der Waals surface area contributed by atoms with Gasteiger partial charge in [0.15, 0.2) is 0 Å². The zero-order valence-electron chi connectivity index (χ0n) is 20.2. The predicted molar refractivity (Wildman–Crippen MR) is 133 cm³/mol. The van der Waals surface area contributed by atoms with Crippen LogP contribution in [0.5, 0.6) is 0 Å². The van der Waals surface area contributed by atoms with Crippen molar-refractivity contribution in [2.24, 2.45) is 0 Å². The van der Waals surface area contributed by atoms with E-state index < -0.39 is 28.9 Å². The zero-order chi connectivity index (χ0) is 24.2. The van der Waals surface area contributed by atoms with Gasteiger partial charge in [0, 0.05) is 29.5 Å². The Bertz CT molecular complexity index is 954. The van der Waals surface area contributed by atoms with Crippen LogP contribution in [0.2, 0.25) is 0 Å². The van der Waals surface area contributed by atoms with Crippen molar-refractivity contribution in [2.45, 2.75) is 71.6 Å². The minimum atomic E-state index is -2.62. The molecular weight excluding hydrogens is 436 g/mol. The van der Waals surface area contributed by atoms with Gasteiger partial charge < -0.3 is 14.2 Å². The van der Waals surface area contributed by atoms with Gasteiger partial charge in [0.05, 0.1) is 0 Å². The summed E-state index contributed by atoms with van der Waals surface area (Å²) in [5.74, 6) is -0.588. The monoisotopic (exact) mass is 471 g/mol. The average molecular weight is 472 g/mol. The normalized spacial score (nSPS) is 18.7. The third-order valence-corrected chi connectivity index (χ3v) is 6.90. The van der Waals surface area contributed by atoms with Crippen LogP contribution in [0.1, 0.15) is 53.0 Å². The molecule has 1 aliphatic rings. The van der Waals surface area contributed by atoms with Gasteiger partial charge in [-0.25, -0.2) is 4.79 Å². The minimum Gasteiger partial charge on any atom is -0.755 e. The molecule has 0 amide bonds. The van der Waals surface area contributed by atoms with Gasteiger partial charge in [-0.05, 0) is 89.2 Å². The Morgan fingerprint density at radius 2 is 1.73 bits per heavy atom. The number of rotatable bonds is 8. The molecule has 0 N–H and O–H groups in total. The van der Waals surface area contributed by atoms with E-state index in [-0.39, 0.29) is 0 Å². The van der Waals surface area contributed by atoms with Gasteiger partial charge in [-0.1, -0.05) is 36.4 Å². The Labute approximate surface area is 200 Å². The number of carbonyl (C=O) groups excluding carboxylic acids is 1. The molecule has 0 bridgehead atoms. The molecule has 7 heteroatoms. The maximum absolute atomic E-state index is 12.4. The van der Waals surface area contributed by atoms with Crippen LogP contribution >= 0.6 is 0 Å². The fraction of sp³-hybridized carbons (Fsp3) is 0.500. The van der Waals surface area contributed by atoms with E-state index in [1.165, 1.54) is 31.9 Å². The molecule has 33 heavy (non-hydrogen) atoms. The van der Waals surface area contributed by atoms with Gasteiger partial charge >= 0.3 is 5.97 Å². The van der Waals surface area contributed by atoms with Crippen molar-refractivity contribution in [3.63, 3.8) is 0 Å². The highest BCUT2D eigenvalue weighted by Crippen LogP contribution is 2.26. The lowest BCUT2D eigenvalue weighted by Crippen LogP contribution is -2.43. The van der Waals surface area contributed by atoms with Gasteiger partial charge in [-0.2, -0.15) is 0 Å². The summed E-state index contributed by atoms with van der Waals surface area (Å²) < 4.78 is 30.2. The first-order valence-corrected chi connectivity index (χ1v) is 12.6. The first kappa shape index (κ1) is 25.4. The summed E-state index contributed by atoms with van der Waals surface area (Å²) >= 11 is -2.62. The average Bonchev–Trinajstić information content (AvgIpc) is 3.16. The molecule has 1 saturated heterocycles. The van der Waals surface area contributed by atoms with E-state index in [4.69, 9.17) is 4.74 Å². The lowest BCUT2D eigenvalue weighted by Gasteiger charge is -2.32. The number of carbonyl (C=O) groups is 1. The number of esters is 1. The van der Waals surface area contributed by atoms with Gasteiger partial charge in [-0.15, -0.1) is 0 Å². The molecule has 6 nitrogen and oxygen atoms in total. The lowest BCUT2D eigenvalue weighted by molar-refractivity contribution is -0.155. The van der Waals surface area contributed by atoms with E-state index in [0.717, 1.165) is 28.4 Å². The van der Waals surface area contributed by atoms with Crippen molar-refractivity contribution in [1.29, 1.82) is 0 Å². The Morgan fingerprint density at radius 1 is 1.15 bits per heavy atom. The van der Waals surface area contributed by atoms with E-state index in [0.29, 0.717) is 11.7 Å². The van der Waals surface area contributed by atoms with Crippen LogP contribution in [-0.2, 0) is 27.2 Å². The highest BCUT2D eigenvalue weighted by Gasteiger charge is 2.28. The van der Waals surface area contributed by atoms with Crippen molar-refractivity contribution in [2.75, 3.05) is 17.4 Å². The highest BCUT2D eigenvalue weighted by molar-refractivity contribution is 7.80. The summed E-state index contributed by atoms with van der Waals surface area (Å²) in [4.78, 5) is 15.0. The van der Waals surface area contributed by atoms with E-state index in [1.807, 2.05) is 12.1 Å². The van der Waals surface area contributed by atoms with Crippen LogP contribution in [-0.4, -0.2) is 50.4 Å². The summed E-state index contributed by atoms with van der Waals surface area (Å²) in [5.41, 5.74) is 3.09. The summed E-state index contributed by atoms with van der Waals surface area (Å²) in [7, 11) is 0. The number of hydrogen-bond donors (Lipinski definition) is 0. The third-order valence-electron chi connectivity index (χ3n) is 6.05. The number of ether oxygens (including phenoxy) is 1. The molecule has 3 unspecified atom stereocenters. The largest absolute Gasteiger partial charge is 0.755 e. The predicted octanol–water partition coefficient (Wildman–Crippen LogP) is 4.71. The number of hydrogen-bond acceptors (Lipinski definition) is 5. The second-order valence-electron chi connectivity index (χ2n) is 9.77. The maximum Gasteiger partial charge on any atom is 0.330 e. The van der Waals surface area contributed by atoms with Crippen molar-refractivity contribution < 1.29 is 18.3 Å². The Balaban J connectivity index is 1.67. The SMILES string of the molecule is CC1CCCN1CCc1ccc(-c2ccc(N(C(C)C(=O)OC(C)(C)C)S(=O)[O-])cc2)cc1. The van der Waals surface area contributed by atoms with Gasteiger partial charge in [-0.3, -0.25) is 8.51 Å². The minimum absolute atomic E-state index is 0.418. The van der Waals surface area contributed by atoms with Crippen molar-refractivity contribution >= 4 is 22.9 Å². The van der Waals surface area contributed by atoms with Crippen LogP contribution in [0, 0.1) is 0 Å². The summed E-state index contributed by atoms with van der Waals surface area (Å²) in [6.07, 6.45) is 3.63. The maximum atomic E-state index is 12.4. The van der Waals surface area contributed by atoms with Crippen LogP contribution < -0.4 is 4.31 Å². The third kappa shape index (κ3) is 6.88. The van der Waals surface area contributed by atoms with E-state index in [9.17, 15) is 13.6 Å². The fourth-order valence-electron chi connectivity index (χ4n) is 4.18. The molecule has 1 aliphatic heterocycles. The van der Waals surface area contributed by atoms with Crippen LogP contribution in [0.3, 0.4) is 0 Å². The molecule has 0 aromatic heterocycles. The number of likely N-dealkylation sites (tertiary alicyclic amines) is 1.